The Bertz CT molecular complexity index is 736. The van der Waals surface area contributed by atoms with Crippen molar-refractivity contribution in [3.05, 3.63) is 48.0 Å². The van der Waals surface area contributed by atoms with Crippen molar-refractivity contribution in [1.82, 2.24) is 19.6 Å². The van der Waals surface area contributed by atoms with Crippen molar-refractivity contribution in [1.29, 1.82) is 0 Å². The van der Waals surface area contributed by atoms with Crippen LogP contribution in [0.2, 0.25) is 0 Å². The molecule has 2 heterocycles. The van der Waals surface area contributed by atoms with Crippen LogP contribution in [0.3, 0.4) is 0 Å². The molecular weight excluding hydrogens is 319 g/mol. The number of halogens is 1. The normalized spacial score (nSPS) is 19.7. The van der Waals surface area contributed by atoms with Crippen LogP contribution < -0.4 is 0 Å². The van der Waals surface area contributed by atoms with Gasteiger partial charge in [0, 0.05) is 37.4 Å². The Hall–Kier alpha value is -2.21. The number of hydrogen-bond acceptors (Lipinski definition) is 3. The molecule has 5 nitrogen and oxygen atoms in total. The highest BCUT2D eigenvalue weighted by Gasteiger charge is 2.31. The van der Waals surface area contributed by atoms with E-state index in [-0.39, 0.29) is 11.7 Å². The average molecular weight is 342 g/mol. The van der Waals surface area contributed by atoms with Crippen LogP contribution >= 0.6 is 0 Å². The summed E-state index contributed by atoms with van der Waals surface area (Å²) in [7, 11) is 0. The molecule has 0 radical (unpaired) electrons. The maximum absolute atomic E-state index is 13.0. The third kappa shape index (κ3) is 3.58. The van der Waals surface area contributed by atoms with Gasteiger partial charge in [-0.05, 0) is 37.1 Å². The van der Waals surface area contributed by atoms with E-state index in [0.29, 0.717) is 19.1 Å². The van der Waals surface area contributed by atoms with E-state index in [4.69, 9.17) is 0 Å². The average Bonchev–Trinajstić information content (AvgIpc) is 3.28. The predicted molar refractivity (Wildman–Crippen MR) is 92.8 cm³/mol. The maximum atomic E-state index is 13.0. The van der Waals surface area contributed by atoms with Gasteiger partial charge in [0.2, 0.25) is 5.91 Å². The number of carbonyl (C=O) groups excluding carboxylic acids is 1. The summed E-state index contributed by atoms with van der Waals surface area (Å²) in [5.41, 5.74) is 1.89. The van der Waals surface area contributed by atoms with E-state index in [1.165, 1.54) is 25.0 Å². The zero-order valence-corrected chi connectivity index (χ0v) is 14.3. The molecule has 2 aliphatic rings. The fourth-order valence-corrected chi connectivity index (χ4v) is 3.91. The van der Waals surface area contributed by atoms with Gasteiger partial charge in [-0.3, -0.25) is 9.69 Å². The van der Waals surface area contributed by atoms with Crippen molar-refractivity contribution in [2.75, 3.05) is 19.6 Å². The van der Waals surface area contributed by atoms with Gasteiger partial charge >= 0.3 is 0 Å². The molecule has 1 aromatic carbocycles. The molecular formula is C19H23FN4O. The van der Waals surface area contributed by atoms with Crippen LogP contribution in [0.25, 0.3) is 5.69 Å². The van der Waals surface area contributed by atoms with Crippen LogP contribution in [0.15, 0.2) is 36.7 Å². The number of rotatable bonds is 4. The molecule has 0 atom stereocenters. The molecule has 6 heteroatoms. The summed E-state index contributed by atoms with van der Waals surface area (Å²) in [5, 5.41) is 4.35. The van der Waals surface area contributed by atoms with Crippen molar-refractivity contribution < 1.29 is 9.18 Å². The van der Waals surface area contributed by atoms with E-state index in [0.717, 1.165) is 37.2 Å². The van der Waals surface area contributed by atoms with Gasteiger partial charge in [0.15, 0.2) is 0 Å². The summed E-state index contributed by atoms with van der Waals surface area (Å²) >= 11 is 0. The smallest absolute Gasteiger partial charge is 0.237 e. The van der Waals surface area contributed by atoms with Gasteiger partial charge in [-0.1, -0.05) is 12.8 Å². The third-order valence-corrected chi connectivity index (χ3v) is 5.24. The topological polar surface area (TPSA) is 41.4 Å². The first kappa shape index (κ1) is 16.3. The molecule has 1 aliphatic carbocycles. The molecule has 0 bridgehead atoms. The predicted octanol–water partition coefficient (Wildman–Crippen LogP) is 2.60. The second-order valence-corrected chi connectivity index (χ2v) is 7.01. The number of carbonyl (C=O) groups is 1. The first-order valence-electron chi connectivity index (χ1n) is 9.00. The molecule has 1 aliphatic heterocycles. The molecule has 1 saturated heterocycles. The fraction of sp³-hybridized carbons (Fsp3) is 0.474. The molecule has 2 aromatic rings. The van der Waals surface area contributed by atoms with Crippen molar-refractivity contribution in [3.8, 4) is 5.69 Å². The largest absolute Gasteiger partial charge is 0.337 e. The highest BCUT2D eigenvalue weighted by molar-refractivity contribution is 5.79. The van der Waals surface area contributed by atoms with E-state index in [2.05, 4.69) is 14.9 Å². The molecule has 132 valence electrons. The van der Waals surface area contributed by atoms with Crippen LogP contribution in [0.5, 0.6) is 0 Å². The van der Waals surface area contributed by atoms with Gasteiger partial charge in [0.05, 0.1) is 18.4 Å². The van der Waals surface area contributed by atoms with Gasteiger partial charge in [0.1, 0.15) is 5.82 Å². The summed E-state index contributed by atoms with van der Waals surface area (Å²) in [4.78, 5) is 16.7. The van der Waals surface area contributed by atoms with Crippen LogP contribution in [0.1, 0.15) is 31.2 Å². The molecule has 0 spiro atoms. The first-order chi connectivity index (χ1) is 12.2. The summed E-state index contributed by atoms with van der Waals surface area (Å²) in [5.74, 6) is -0.00106. The molecule has 0 N–H and O–H groups in total. The monoisotopic (exact) mass is 342 g/mol. The standard InChI is InChI=1S/C19H23FN4O/c20-16-5-7-18(8-6-16)24-13-15(11-21-24)12-22-9-10-23(19(25)14-22)17-3-1-2-4-17/h5-8,11,13,17H,1-4,9-10,12,14H2. The van der Waals surface area contributed by atoms with Crippen molar-refractivity contribution >= 4 is 5.91 Å². The Morgan fingerprint density at radius 1 is 1.12 bits per heavy atom. The first-order valence-corrected chi connectivity index (χ1v) is 9.00. The SMILES string of the molecule is O=C1CN(Cc2cnn(-c3ccc(F)cc3)c2)CCN1C1CCCC1. The Kier molecular flexibility index (Phi) is 4.53. The lowest BCUT2D eigenvalue weighted by molar-refractivity contribution is -0.138. The second-order valence-electron chi connectivity index (χ2n) is 7.01. The molecule has 1 aromatic heterocycles. The zero-order chi connectivity index (χ0) is 17.2. The number of benzene rings is 1. The van der Waals surface area contributed by atoms with Gasteiger partial charge in [0.25, 0.3) is 0 Å². The van der Waals surface area contributed by atoms with E-state index in [9.17, 15) is 9.18 Å². The van der Waals surface area contributed by atoms with E-state index >= 15 is 0 Å². The number of hydrogen-bond donors (Lipinski definition) is 0. The summed E-state index contributed by atoms with van der Waals surface area (Å²) in [6.07, 6.45) is 8.59. The molecule has 1 saturated carbocycles. The van der Waals surface area contributed by atoms with Crippen LogP contribution in [-0.4, -0.2) is 51.2 Å². The minimum Gasteiger partial charge on any atom is -0.337 e. The maximum Gasteiger partial charge on any atom is 0.237 e. The number of aromatic nitrogens is 2. The summed E-state index contributed by atoms with van der Waals surface area (Å²) < 4.78 is 14.8. The summed E-state index contributed by atoms with van der Waals surface area (Å²) in [6.45, 7) is 2.93. The van der Waals surface area contributed by atoms with Gasteiger partial charge in [-0.15, -0.1) is 0 Å². The minimum absolute atomic E-state index is 0.254. The van der Waals surface area contributed by atoms with Gasteiger partial charge in [-0.2, -0.15) is 5.10 Å². The van der Waals surface area contributed by atoms with Gasteiger partial charge in [-0.25, -0.2) is 9.07 Å². The lowest BCUT2D eigenvalue weighted by Crippen LogP contribution is -2.53. The quantitative estimate of drug-likeness (QED) is 0.858. The zero-order valence-electron chi connectivity index (χ0n) is 14.3. The Balaban J connectivity index is 1.37. The van der Waals surface area contributed by atoms with Crippen molar-refractivity contribution in [2.24, 2.45) is 0 Å². The Morgan fingerprint density at radius 2 is 1.88 bits per heavy atom. The molecule has 2 fully saturated rings. The molecule has 0 unspecified atom stereocenters. The highest BCUT2D eigenvalue weighted by Crippen LogP contribution is 2.25. The summed E-state index contributed by atoms with van der Waals surface area (Å²) in [6, 6.07) is 6.73. The Morgan fingerprint density at radius 3 is 2.60 bits per heavy atom. The lowest BCUT2D eigenvalue weighted by Gasteiger charge is -2.37. The third-order valence-electron chi connectivity index (χ3n) is 5.24. The second kappa shape index (κ2) is 6.96. The highest BCUT2D eigenvalue weighted by atomic mass is 19.1. The number of amides is 1. The van der Waals surface area contributed by atoms with E-state index in [1.54, 1.807) is 16.8 Å². The number of piperazine rings is 1. The Labute approximate surface area is 147 Å². The molecule has 25 heavy (non-hydrogen) atoms. The molecule has 4 rings (SSSR count). The fourth-order valence-electron chi connectivity index (χ4n) is 3.91. The van der Waals surface area contributed by atoms with Gasteiger partial charge < -0.3 is 4.90 Å². The minimum atomic E-state index is -0.255. The van der Waals surface area contributed by atoms with Crippen molar-refractivity contribution in [3.63, 3.8) is 0 Å². The molecule has 1 amide bonds. The number of nitrogens with zero attached hydrogens (tertiary/aromatic N) is 4. The van der Waals surface area contributed by atoms with Crippen LogP contribution in [-0.2, 0) is 11.3 Å². The lowest BCUT2D eigenvalue weighted by atomic mass is 10.1. The van der Waals surface area contributed by atoms with Crippen LogP contribution in [0, 0.1) is 5.82 Å². The van der Waals surface area contributed by atoms with E-state index < -0.39 is 0 Å². The van der Waals surface area contributed by atoms with Crippen molar-refractivity contribution in [2.45, 2.75) is 38.3 Å². The van der Waals surface area contributed by atoms with Crippen LogP contribution in [0.4, 0.5) is 4.39 Å². The van der Waals surface area contributed by atoms with E-state index in [1.807, 2.05) is 12.4 Å².